The summed E-state index contributed by atoms with van der Waals surface area (Å²) in [5, 5.41) is 3.72. The minimum Gasteiger partial charge on any atom is -0.311 e. The molecule has 4 unspecified atom stereocenters. The molecule has 4 rings (SSSR count). The summed E-state index contributed by atoms with van der Waals surface area (Å²) in [6.07, 6.45) is 16.0. The van der Waals surface area contributed by atoms with Crippen LogP contribution in [0.15, 0.2) is 0 Å². The highest BCUT2D eigenvalue weighted by atomic mass is 15.1. The zero-order chi connectivity index (χ0) is 22.3. The second kappa shape index (κ2) is 15.7. The van der Waals surface area contributed by atoms with E-state index in [4.69, 9.17) is 0 Å². The van der Waals surface area contributed by atoms with Crippen LogP contribution in [-0.4, -0.2) is 37.1 Å². The molecule has 2 saturated heterocycles. The number of hydrogen-bond donors (Lipinski definition) is 1. The Labute approximate surface area is 186 Å². The van der Waals surface area contributed by atoms with Crippen molar-refractivity contribution < 1.29 is 0 Å². The topological polar surface area (TPSA) is 15.3 Å². The van der Waals surface area contributed by atoms with Crippen molar-refractivity contribution in [2.75, 3.05) is 26.7 Å². The van der Waals surface area contributed by atoms with E-state index >= 15 is 0 Å². The summed E-state index contributed by atoms with van der Waals surface area (Å²) in [6, 6.07) is 0. The molecule has 0 aromatic heterocycles. The zero-order valence-corrected chi connectivity index (χ0v) is 22.0. The van der Waals surface area contributed by atoms with Crippen LogP contribution >= 0.6 is 0 Å². The normalized spacial score (nSPS) is 35.9. The average molecular weight is 411 g/mol. The standard InChI is InChI=1S/C11H21N.C10H19N.3C2H6/c1-10-4-6-11(8-10)5-3-7-12(2)9-11;1-9-4-6-10(8-9)5-2-3-7-11-10;3*1-2/h10H,3-9H2,1-2H3;9,11H,2-8H2,1H3;3*1-2H3. The first-order valence-corrected chi connectivity index (χ1v) is 13.4. The van der Waals surface area contributed by atoms with Gasteiger partial charge in [-0.1, -0.05) is 68.2 Å². The predicted molar refractivity (Wildman–Crippen MR) is 134 cm³/mol. The summed E-state index contributed by atoms with van der Waals surface area (Å²) >= 11 is 0. The number of nitrogens with zero attached hydrogens (tertiary/aromatic N) is 1. The number of rotatable bonds is 0. The molecule has 2 heteroatoms. The van der Waals surface area contributed by atoms with Gasteiger partial charge in [-0.2, -0.15) is 0 Å². The third-order valence-electron chi connectivity index (χ3n) is 7.24. The lowest BCUT2D eigenvalue weighted by molar-refractivity contribution is 0.111. The van der Waals surface area contributed by atoms with Crippen molar-refractivity contribution in [2.24, 2.45) is 17.3 Å². The first-order valence-electron chi connectivity index (χ1n) is 13.4. The van der Waals surface area contributed by atoms with E-state index in [0.29, 0.717) is 5.54 Å². The summed E-state index contributed by atoms with van der Waals surface area (Å²) in [6.45, 7) is 20.8. The minimum absolute atomic E-state index is 0.595. The number of likely N-dealkylation sites (tertiary alicyclic amines) is 1. The zero-order valence-electron chi connectivity index (χ0n) is 22.0. The van der Waals surface area contributed by atoms with Crippen molar-refractivity contribution >= 4 is 0 Å². The van der Waals surface area contributed by atoms with E-state index in [0.717, 1.165) is 17.3 Å². The SMILES string of the molecule is CC.CC.CC.CC1CCC2(CCCCN2)C1.CC1CCC2(CCCN(C)C2)C1. The first kappa shape index (κ1) is 28.9. The van der Waals surface area contributed by atoms with Crippen LogP contribution in [0.4, 0.5) is 0 Å². The van der Waals surface area contributed by atoms with Gasteiger partial charge < -0.3 is 10.2 Å². The highest BCUT2D eigenvalue weighted by molar-refractivity contribution is 4.96. The molecule has 4 aliphatic rings. The molecule has 4 atom stereocenters. The van der Waals surface area contributed by atoms with Crippen LogP contribution in [0.1, 0.15) is 126 Å². The Bertz CT molecular complexity index is 365. The minimum atomic E-state index is 0.595. The molecule has 0 bridgehead atoms. The highest BCUT2D eigenvalue weighted by Crippen LogP contribution is 2.47. The number of piperidine rings is 2. The lowest BCUT2D eigenvalue weighted by atomic mass is 9.78. The summed E-state index contributed by atoms with van der Waals surface area (Å²) in [4.78, 5) is 2.53. The fourth-order valence-electron chi connectivity index (χ4n) is 6.13. The predicted octanol–water partition coefficient (Wildman–Crippen LogP) is 7.92. The van der Waals surface area contributed by atoms with E-state index in [2.05, 4.69) is 31.1 Å². The van der Waals surface area contributed by atoms with Gasteiger partial charge in [-0.05, 0) is 95.2 Å². The second-order valence-electron chi connectivity index (χ2n) is 9.70. The van der Waals surface area contributed by atoms with Crippen LogP contribution in [0.5, 0.6) is 0 Å². The lowest BCUT2D eigenvalue weighted by Gasteiger charge is -2.39. The van der Waals surface area contributed by atoms with Gasteiger partial charge in [0.2, 0.25) is 0 Å². The average Bonchev–Trinajstić information content (AvgIpc) is 3.29. The van der Waals surface area contributed by atoms with Gasteiger partial charge in [-0.3, -0.25) is 0 Å². The lowest BCUT2D eigenvalue weighted by Crippen LogP contribution is -2.46. The Hall–Kier alpha value is -0.0800. The summed E-state index contributed by atoms with van der Waals surface area (Å²) in [7, 11) is 2.28. The fourth-order valence-corrected chi connectivity index (χ4v) is 6.13. The molecule has 2 aliphatic heterocycles. The molecule has 29 heavy (non-hydrogen) atoms. The number of nitrogens with one attached hydrogen (secondary N) is 1. The molecule has 176 valence electrons. The summed E-state index contributed by atoms with van der Waals surface area (Å²) in [5.41, 5.74) is 1.34. The Balaban J connectivity index is 0.000000432. The van der Waals surface area contributed by atoms with Gasteiger partial charge in [0.15, 0.2) is 0 Å². The van der Waals surface area contributed by atoms with E-state index in [1.54, 1.807) is 0 Å². The molecule has 2 saturated carbocycles. The molecule has 2 nitrogen and oxygen atoms in total. The highest BCUT2D eigenvalue weighted by Gasteiger charge is 2.39. The Kier molecular flexibility index (Phi) is 15.6. The van der Waals surface area contributed by atoms with Crippen molar-refractivity contribution in [3.05, 3.63) is 0 Å². The van der Waals surface area contributed by atoms with Gasteiger partial charge in [0.1, 0.15) is 0 Å². The van der Waals surface area contributed by atoms with E-state index in [-0.39, 0.29) is 0 Å². The maximum atomic E-state index is 3.72. The van der Waals surface area contributed by atoms with Gasteiger partial charge >= 0.3 is 0 Å². The van der Waals surface area contributed by atoms with E-state index in [1.165, 1.54) is 90.3 Å². The van der Waals surface area contributed by atoms with Crippen LogP contribution in [0.2, 0.25) is 0 Å². The Morgan fingerprint density at radius 2 is 1.34 bits per heavy atom. The van der Waals surface area contributed by atoms with E-state index < -0.39 is 0 Å². The van der Waals surface area contributed by atoms with Gasteiger partial charge in [0.25, 0.3) is 0 Å². The van der Waals surface area contributed by atoms with Crippen molar-refractivity contribution in [1.82, 2.24) is 10.2 Å². The van der Waals surface area contributed by atoms with Crippen molar-refractivity contribution in [3.8, 4) is 0 Å². The molecule has 2 aliphatic carbocycles. The fraction of sp³-hybridized carbons (Fsp3) is 1.00. The Morgan fingerprint density at radius 3 is 1.79 bits per heavy atom. The van der Waals surface area contributed by atoms with Gasteiger partial charge in [0.05, 0.1) is 0 Å². The van der Waals surface area contributed by atoms with Crippen molar-refractivity contribution in [3.63, 3.8) is 0 Å². The summed E-state index contributed by atoms with van der Waals surface area (Å²) in [5.74, 6) is 1.97. The quantitative estimate of drug-likeness (QED) is 0.436. The van der Waals surface area contributed by atoms with Crippen LogP contribution in [0.25, 0.3) is 0 Å². The Morgan fingerprint density at radius 1 is 0.724 bits per heavy atom. The molecule has 2 spiro atoms. The van der Waals surface area contributed by atoms with Gasteiger partial charge in [-0.15, -0.1) is 0 Å². The molecule has 0 aromatic rings. The maximum Gasteiger partial charge on any atom is 0.0184 e. The maximum absolute atomic E-state index is 3.72. The van der Waals surface area contributed by atoms with Crippen molar-refractivity contribution in [2.45, 2.75) is 132 Å². The third-order valence-corrected chi connectivity index (χ3v) is 7.24. The summed E-state index contributed by atoms with van der Waals surface area (Å²) < 4.78 is 0. The largest absolute Gasteiger partial charge is 0.311 e. The first-order chi connectivity index (χ1) is 14.0. The molecule has 4 fully saturated rings. The smallest absolute Gasteiger partial charge is 0.0184 e. The van der Waals surface area contributed by atoms with Crippen LogP contribution in [0, 0.1) is 17.3 Å². The van der Waals surface area contributed by atoms with Crippen LogP contribution < -0.4 is 5.32 Å². The van der Waals surface area contributed by atoms with Crippen LogP contribution in [-0.2, 0) is 0 Å². The molecular formula is C27H58N2. The van der Waals surface area contributed by atoms with Crippen LogP contribution in [0.3, 0.4) is 0 Å². The van der Waals surface area contributed by atoms with E-state index in [1.807, 2.05) is 41.5 Å². The second-order valence-corrected chi connectivity index (χ2v) is 9.70. The molecule has 1 N–H and O–H groups in total. The monoisotopic (exact) mass is 410 g/mol. The van der Waals surface area contributed by atoms with Gasteiger partial charge in [-0.25, -0.2) is 0 Å². The molecular weight excluding hydrogens is 352 g/mol. The molecule has 0 amide bonds. The van der Waals surface area contributed by atoms with Gasteiger partial charge in [0, 0.05) is 12.1 Å². The molecule has 0 aromatic carbocycles. The molecule has 0 radical (unpaired) electrons. The van der Waals surface area contributed by atoms with E-state index in [9.17, 15) is 0 Å². The molecule has 2 heterocycles. The van der Waals surface area contributed by atoms with Crippen molar-refractivity contribution in [1.29, 1.82) is 0 Å². The third kappa shape index (κ3) is 9.72. The number of hydrogen-bond acceptors (Lipinski definition) is 2.